The van der Waals surface area contributed by atoms with Crippen molar-refractivity contribution in [1.29, 1.82) is 0 Å². The van der Waals surface area contributed by atoms with Gasteiger partial charge in [0.05, 0.1) is 15.5 Å². The van der Waals surface area contributed by atoms with Crippen molar-refractivity contribution in [2.45, 2.75) is 4.90 Å². The largest absolute Gasteiger partial charge is 0.478 e. The van der Waals surface area contributed by atoms with Crippen molar-refractivity contribution in [2.75, 3.05) is 4.72 Å². The van der Waals surface area contributed by atoms with Gasteiger partial charge in [0.2, 0.25) is 0 Å². The lowest BCUT2D eigenvalue weighted by Gasteiger charge is -2.10. The van der Waals surface area contributed by atoms with Crippen LogP contribution in [0.3, 0.4) is 0 Å². The summed E-state index contributed by atoms with van der Waals surface area (Å²) in [4.78, 5) is 10.9. The van der Waals surface area contributed by atoms with Gasteiger partial charge in [-0.25, -0.2) is 13.2 Å². The number of hydrogen-bond acceptors (Lipinski definition) is 3. The van der Waals surface area contributed by atoms with E-state index in [0.717, 1.165) is 6.07 Å². The molecule has 0 unspecified atom stereocenters. The van der Waals surface area contributed by atoms with Gasteiger partial charge in [0.1, 0.15) is 0 Å². The van der Waals surface area contributed by atoms with Crippen molar-refractivity contribution in [3.63, 3.8) is 0 Å². The molecule has 0 atom stereocenters. The summed E-state index contributed by atoms with van der Waals surface area (Å²) in [5.74, 6) is -1.27. The molecule has 0 spiro atoms. The SMILES string of the molecule is O=C(O)c1cc(NS(=O)(=O)c2cc(Cl)cc(Cl)c2)ccc1Cl. The first-order valence-corrected chi connectivity index (χ1v) is 8.32. The highest BCUT2D eigenvalue weighted by atomic mass is 35.5. The summed E-state index contributed by atoms with van der Waals surface area (Å²) in [6.45, 7) is 0. The fraction of sp³-hybridized carbons (Fsp3) is 0. The summed E-state index contributed by atoms with van der Waals surface area (Å²) >= 11 is 17.3. The van der Waals surface area contributed by atoms with Crippen LogP contribution in [0.2, 0.25) is 15.1 Å². The average molecular weight is 381 g/mol. The van der Waals surface area contributed by atoms with Gasteiger partial charge in [-0.1, -0.05) is 34.8 Å². The summed E-state index contributed by atoms with van der Waals surface area (Å²) in [5.41, 5.74) is -0.163. The maximum Gasteiger partial charge on any atom is 0.337 e. The summed E-state index contributed by atoms with van der Waals surface area (Å²) in [6, 6.07) is 7.60. The third kappa shape index (κ3) is 3.84. The van der Waals surface area contributed by atoms with E-state index in [1.807, 2.05) is 0 Å². The number of carboxylic acids is 1. The van der Waals surface area contributed by atoms with E-state index in [0.29, 0.717) is 0 Å². The van der Waals surface area contributed by atoms with Gasteiger partial charge >= 0.3 is 5.97 Å². The van der Waals surface area contributed by atoms with Crippen LogP contribution in [-0.4, -0.2) is 19.5 Å². The Kier molecular flexibility index (Phi) is 4.87. The van der Waals surface area contributed by atoms with Gasteiger partial charge in [0, 0.05) is 15.7 Å². The molecule has 0 saturated carbocycles. The molecule has 0 amide bonds. The molecule has 0 aliphatic rings. The Morgan fingerprint density at radius 2 is 1.59 bits per heavy atom. The van der Waals surface area contributed by atoms with E-state index in [4.69, 9.17) is 39.9 Å². The van der Waals surface area contributed by atoms with Gasteiger partial charge in [0.15, 0.2) is 0 Å². The molecule has 2 N–H and O–H groups in total. The molecule has 9 heteroatoms. The minimum absolute atomic E-state index is 0.00116. The molecule has 0 fully saturated rings. The minimum atomic E-state index is -3.97. The Morgan fingerprint density at radius 3 is 2.14 bits per heavy atom. The van der Waals surface area contributed by atoms with Crippen LogP contribution in [0.15, 0.2) is 41.3 Å². The van der Waals surface area contributed by atoms with Crippen LogP contribution in [-0.2, 0) is 10.0 Å². The Labute approximate surface area is 141 Å². The van der Waals surface area contributed by atoms with Gasteiger partial charge in [-0.05, 0) is 36.4 Å². The van der Waals surface area contributed by atoms with Crippen molar-refractivity contribution in [2.24, 2.45) is 0 Å². The minimum Gasteiger partial charge on any atom is -0.478 e. The molecule has 0 aliphatic carbocycles. The van der Waals surface area contributed by atoms with Crippen LogP contribution >= 0.6 is 34.8 Å². The zero-order chi connectivity index (χ0) is 16.5. The van der Waals surface area contributed by atoms with Gasteiger partial charge in [-0.15, -0.1) is 0 Å². The van der Waals surface area contributed by atoms with Crippen LogP contribution in [0, 0.1) is 0 Å². The number of nitrogens with one attached hydrogen (secondary N) is 1. The van der Waals surface area contributed by atoms with Crippen molar-refractivity contribution >= 4 is 56.5 Å². The second-order valence-electron chi connectivity index (χ2n) is 4.21. The summed E-state index contributed by atoms with van der Waals surface area (Å²) in [5, 5.41) is 9.31. The first-order valence-electron chi connectivity index (χ1n) is 5.71. The first-order chi connectivity index (χ1) is 10.2. The fourth-order valence-electron chi connectivity index (χ4n) is 1.65. The van der Waals surface area contributed by atoms with E-state index in [-0.39, 0.29) is 31.2 Å². The molecule has 0 radical (unpaired) electrons. The lowest BCUT2D eigenvalue weighted by atomic mass is 10.2. The normalized spacial score (nSPS) is 11.2. The van der Waals surface area contributed by atoms with Crippen molar-refractivity contribution in [3.8, 4) is 0 Å². The van der Waals surface area contributed by atoms with Crippen molar-refractivity contribution < 1.29 is 18.3 Å². The van der Waals surface area contributed by atoms with E-state index in [2.05, 4.69) is 4.72 Å². The highest BCUT2D eigenvalue weighted by molar-refractivity contribution is 7.92. The number of aromatic carboxylic acids is 1. The molecular weight excluding hydrogens is 373 g/mol. The van der Waals surface area contributed by atoms with Crippen LogP contribution < -0.4 is 4.72 Å². The Balaban J connectivity index is 2.41. The maximum atomic E-state index is 12.3. The predicted molar refractivity (Wildman–Crippen MR) is 85.7 cm³/mol. The van der Waals surface area contributed by atoms with Crippen molar-refractivity contribution in [3.05, 3.63) is 57.0 Å². The Hall–Kier alpha value is -1.47. The molecule has 0 bridgehead atoms. The summed E-state index contributed by atoms with van der Waals surface area (Å²) in [6.07, 6.45) is 0. The lowest BCUT2D eigenvalue weighted by molar-refractivity contribution is 0.0697. The molecule has 22 heavy (non-hydrogen) atoms. The monoisotopic (exact) mass is 379 g/mol. The van der Waals surface area contributed by atoms with E-state index >= 15 is 0 Å². The third-order valence-corrected chi connectivity index (χ3v) is 4.72. The molecule has 2 aromatic carbocycles. The van der Waals surface area contributed by atoms with Crippen molar-refractivity contribution in [1.82, 2.24) is 0 Å². The molecule has 2 rings (SSSR count). The zero-order valence-electron chi connectivity index (χ0n) is 10.7. The van der Waals surface area contributed by atoms with Gasteiger partial charge < -0.3 is 5.11 Å². The fourth-order valence-corrected chi connectivity index (χ4v) is 3.62. The van der Waals surface area contributed by atoms with E-state index in [1.54, 1.807) is 0 Å². The number of halogens is 3. The van der Waals surface area contributed by atoms with Gasteiger partial charge in [-0.3, -0.25) is 4.72 Å². The first kappa shape index (κ1) is 16.9. The number of carboxylic acid groups (broad SMARTS) is 1. The van der Waals surface area contributed by atoms with Crippen LogP contribution in [0.25, 0.3) is 0 Å². The molecule has 116 valence electrons. The molecule has 5 nitrogen and oxygen atoms in total. The number of rotatable bonds is 4. The van der Waals surface area contributed by atoms with Crippen LogP contribution in [0.1, 0.15) is 10.4 Å². The van der Waals surface area contributed by atoms with E-state index in [9.17, 15) is 13.2 Å². The molecule has 0 heterocycles. The molecule has 2 aromatic rings. The third-order valence-electron chi connectivity index (χ3n) is 2.60. The molecular formula is C13H8Cl3NO4S. The number of hydrogen-bond donors (Lipinski definition) is 2. The van der Waals surface area contributed by atoms with E-state index < -0.39 is 16.0 Å². The number of carbonyl (C=O) groups is 1. The summed E-state index contributed by atoms with van der Waals surface area (Å²) in [7, 11) is -3.97. The zero-order valence-corrected chi connectivity index (χ0v) is 13.8. The number of sulfonamides is 1. The topological polar surface area (TPSA) is 83.5 Å². The van der Waals surface area contributed by atoms with Crippen LogP contribution in [0.5, 0.6) is 0 Å². The Morgan fingerprint density at radius 1 is 1.00 bits per heavy atom. The number of anilines is 1. The number of benzene rings is 2. The van der Waals surface area contributed by atoms with E-state index in [1.165, 1.54) is 30.3 Å². The summed E-state index contributed by atoms with van der Waals surface area (Å²) < 4.78 is 26.8. The highest BCUT2D eigenvalue weighted by Crippen LogP contribution is 2.26. The average Bonchev–Trinajstić information content (AvgIpc) is 2.39. The molecule has 0 aliphatic heterocycles. The maximum absolute atomic E-state index is 12.3. The second kappa shape index (κ2) is 6.34. The quantitative estimate of drug-likeness (QED) is 0.835. The second-order valence-corrected chi connectivity index (χ2v) is 7.17. The molecule has 0 aromatic heterocycles. The standard InChI is InChI=1S/C13H8Cl3NO4S/c14-7-3-8(15)5-10(4-7)22(20,21)17-9-1-2-12(16)11(6-9)13(18)19/h1-6,17H,(H,18,19). The predicted octanol–water partition coefficient (Wildman–Crippen LogP) is 4.15. The molecule has 0 saturated heterocycles. The smallest absolute Gasteiger partial charge is 0.337 e. The van der Waals surface area contributed by atoms with Crippen LogP contribution in [0.4, 0.5) is 5.69 Å². The van der Waals surface area contributed by atoms with Gasteiger partial charge in [-0.2, -0.15) is 0 Å². The lowest BCUT2D eigenvalue weighted by Crippen LogP contribution is -2.13. The van der Waals surface area contributed by atoms with Gasteiger partial charge in [0.25, 0.3) is 10.0 Å². The highest BCUT2D eigenvalue weighted by Gasteiger charge is 2.17. The Bertz CT molecular complexity index is 832.